The van der Waals surface area contributed by atoms with Crippen LogP contribution in [0.25, 0.3) is 0 Å². The van der Waals surface area contributed by atoms with Gasteiger partial charge in [-0.2, -0.15) is 0 Å². The van der Waals surface area contributed by atoms with Gasteiger partial charge in [-0.3, -0.25) is 0 Å². The van der Waals surface area contributed by atoms with Gasteiger partial charge in [0.15, 0.2) is 0 Å². The summed E-state index contributed by atoms with van der Waals surface area (Å²) in [5.41, 5.74) is 0. The van der Waals surface area contributed by atoms with E-state index in [1.807, 2.05) is 0 Å². The first kappa shape index (κ1) is 28.8. The van der Waals surface area contributed by atoms with Crippen LogP contribution in [0.15, 0.2) is 121 Å². The molecule has 0 atom stereocenters. The molecule has 0 bridgehead atoms. The van der Waals surface area contributed by atoms with Gasteiger partial charge in [-0.05, 0) is 34.1 Å². The fraction of sp³-hybridized carbons (Fsp3) is 0.226. The molecule has 0 amide bonds. The molecule has 4 rings (SSSR count). The van der Waals surface area contributed by atoms with Crippen LogP contribution in [-0.2, 0) is 13.3 Å². The fourth-order valence-corrected chi connectivity index (χ4v) is 12.5. The maximum atomic E-state index is 5.70. The Morgan fingerprint density at radius 1 is 0.500 bits per heavy atom. The van der Waals surface area contributed by atoms with Crippen molar-refractivity contribution in [2.75, 3.05) is 27.9 Å². The van der Waals surface area contributed by atoms with Gasteiger partial charge in [0.1, 0.15) is 0 Å². The van der Waals surface area contributed by atoms with Crippen LogP contribution in [0.3, 0.4) is 0 Å². The molecule has 0 radical (unpaired) electrons. The molecule has 4 aromatic rings. The summed E-state index contributed by atoms with van der Waals surface area (Å²) in [5.74, 6) is 0. The summed E-state index contributed by atoms with van der Waals surface area (Å²) in [4.78, 5) is 0. The summed E-state index contributed by atoms with van der Waals surface area (Å²) in [6.45, 7) is 0.951. The molecule has 0 aromatic heterocycles. The lowest BCUT2D eigenvalue weighted by Crippen LogP contribution is -2.42. The molecule has 7 heteroatoms. The van der Waals surface area contributed by atoms with Gasteiger partial charge in [-0.15, -0.1) is 0 Å². The molecule has 0 unspecified atom stereocenters. The Morgan fingerprint density at radius 2 is 0.816 bits per heavy atom. The van der Waals surface area contributed by atoms with E-state index in [1.165, 1.54) is 21.2 Å². The molecular formula is C31H37NO3P2Si. The first-order valence-electron chi connectivity index (χ1n) is 12.9. The quantitative estimate of drug-likeness (QED) is 0.107. The standard InChI is InChI=1S/C31H37NO3P2Si/c1-33-38(34-2,35-3)27-17-16-26-32(36(28-18-8-4-9-19-28)29-20-10-5-11-21-29)37(30-22-12-6-13-23-30)31-24-14-7-15-25-31/h4-15,18-25H,16-17,26-27H2,1-3H3. The third-order valence-electron chi connectivity index (χ3n) is 6.49. The number of hydrogen-bond acceptors (Lipinski definition) is 4. The summed E-state index contributed by atoms with van der Waals surface area (Å²) in [6, 6.07) is 44.8. The van der Waals surface area contributed by atoms with Crippen molar-refractivity contribution in [1.82, 2.24) is 4.44 Å². The lowest BCUT2D eigenvalue weighted by Gasteiger charge is -2.39. The number of nitrogens with zero attached hydrogens (tertiary/aromatic N) is 1. The van der Waals surface area contributed by atoms with Gasteiger partial charge in [0.2, 0.25) is 0 Å². The molecule has 198 valence electrons. The van der Waals surface area contributed by atoms with Crippen LogP contribution in [0, 0.1) is 0 Å². The molecule has 0 heterocycles. The van der Waals surface area contributed by atoms with Crippen molar-refractivity contribution < 1.29 is 13.3 Å². The van der Waals surface area contributed by atoms with Crippen molar-refractivity contribution in [3.05, 3.63) is 121 Å². The molecule has 0 N–H and O–H groups in total. The van der Waals surface area contributed by atoms with E-state index in [0.29, 0.717) is 0 Å². The summed E-state index contributed by atoms with van der Waals surface area (Å²) >= 11 is 0. The zero-order chi connectivity index (χ0) is 26.6. The van der Waals surface area contributed by atoms with Crippen LogP contribution < -0.4 is 21.2 Å². The zero-order valence-corrected chi connectivity index (χ0v) is 25.2. The second-order valence-electron chi connectivity index (χ2n) is 8.81. The largest absolute Gasteiger partial charge is 0.500 e. The predicted octanol–water partition coefficient (Wildman–Crippen LogP) is 6.04. The minimum atomic E-state index is -2.61. The van der Waals surface area contributed by atoms with E-state index in [0.717, 1.165) is 25.4 Å². The third kappa shape index (κ3) is 7.25. The molecule has 0 aliphatic carbocycles. The summed E-state index contributed by atoms with van der Waals surface area (Å²) in [5, 5.41) is 5.45. The monoisotopic (exact) mass is 561 g/mol. The van der Waals surface area contributed by atoms with Crippen LogP contribution in [0.4, 0.5) is 0 Å². The first-order chi connectivity index (χ1) is 18.7. The van der Waals surface area contributed by atoms with Crippen molar-refractivity contribution in [1.29, 1.82) is 0 Å². The van der Waals surface area contributed by atoms with Crippen LogP contribution >= 0.6 is 16.1 Å². The van der Waals surface area contributed by atoms with Crippen LogP contribution in [0.1, 0.15) is 12.8 Å². The van der Waals surface area contributed by atoms with Gasteiger partial charge in [-0.25, -0.2) is 4.44 Å². The topological polar surface area (TPSA) is 30.9 Å². The second kappa shape index (κ2) is 14.8. The van der Waals surface area contributed by atoms with Crippen LogP contribution in [-0.4, -0.2) is 41.1 Å². The second-order valence-corrected chi connectivity index (χ2v) is 16.5. The lowest BCUT2D eigenvalue weighted by atomic mass is 10.3. The minimum Gasteiger partial charge on any atom is -0.377 e. The average Bonchev–Trinajstić information content (AvgIpc) is 3.00. The predicted molar refractivity (Wildman–Crippen MR) is 166 cm³/mol. The maximum Gasteiger partial charge on any atom is 0.500 e. The van der Waals surface area contributed by atoms with Crippen LogP contribution in [0.5, 0.6) is 0 Å². The SMILES string of the molecule is CO[Si](CCCCN(P(c1ccccc1)c1ccccc1)P(c1ccccc1)c1ccccc1)(OC)OC. The molecule has 0 aliphatic rings. The molecular weight excluding hydrogens is 524 g/mol. The Labute approximate surface area is 231 Å². The Balaban J connectivity index is 1.77. The number of rotatable bonds is 14. The van der Waals surface area contributed by atoms with Gasteiger partial charge in [0.05, 0.1) is 0 Å². The van der Waals surface area contributed by atoms with E-state index in [4.69, 9.17) is 13.3 Å². The molecule has 0 fully saturated rings. The van der Waals surface area contributed by atoms with Gasteiger partial charge >= 0.3 is 8.80 Å². The van der Waals surface area contributed by atoms with Crippen molar-refractivity contribution in [3.63, 3.8) is 0 Å². The fourth-order valence-electron chi connectivity index (χ4n) is 4.55. The van der Waals surface area contributed by atoms with E-state index in [-0.39, 0.29) is 0 Å². The van der Waals surface area contributed by atoms with E-state index < -0.39 is 24.9 Å². The highest BCUT2D eigenvalue weighted by Crippen LogP contribution is 2.54. The number of unbranched alkanes of at least 4 members (excludes halogenated alkanes) is 1. The molecule has 0 aliphatic heterocycles. The van der Waals surface area contributed by atoms with Crippen molar-refractivity contribution in [2.45, 2.75) is 18.9 Å². The molecule has 4 nitrogen and oxygen atoms in total. The highest BCUT2D eigenvalue weighted by Gasteiger charge is 2.37. The van der Waals surface area contributed by atoms with Gasteiger partial charge in [0.25, 0.3) is 0 Å². The Hall–Kier alpha value is -2.20. The van der Waals surface area contributed by atoms with Crippen molar-refractivity contribution in [2.24, 2.45) is 0 Å². The average molecular weight is 562 g/mol. The maximum absolute atomic E-state index is 5.70. The molecule has 38 heavy (non-hydrogen) atoms. The van der Waals surface area contributed by atoms with Crippen molar-refractivity contribution >= 4 is 46.2 Å². The van der Waals surface area contributed by atoms with Gasteiger partial charge in [0, 0.05) is 50.1 Å². The minimum absolute atomic E-state index is 0.777. The Morgan fingerprint density at radius 3 is 1.11 bits per heavy atom. The van der Waals surface area contributed by atoms with E-state index >= 15 is 0 Å². The van der Waals surface area contributed by atoms with Gasteiger partial charge < -0.3 is 13.3 Å². The number of hydrogen-bond donors (Lipinski definition) is 0. The molecule has 4 aromatic carbocycles. The summed E-state index contributed by atoms with van der Waals surface area (Å²) in [7, 11) is 0.921. The van der Waals surface area contributed by atoms with E-state index in [1.54, 1.807) is 21.3 Å². The highest BCUT2D eigenvalue weighted by atomic mass is 31.2. The van der Waals surface area contributed by atoms with E-state index in [2.05, 4.69) is 126 Å². The number of benzene rings is 4. The van der Waals surface area contributed by atoms with E-state index in [9.17, 15) is 0 Å². The molecule has 0 spiro atoms. The molecule has 0 saturated carbocycles. The third-order valence-corrected chi connectivity index (χ3v) is 14.9. The highest BCUT2D eigenvalue weighted by molar-refractivity contribution is 7.84. The van der Waals surface area contributed by atoms with Gasteiger partial charge in [-0.1, -0.05) is 121 Å². The Bertz CT molecular complexity index is 1030. The summed E-state index contributed by atoms with van der Waals surface area (Å²) in [6.07, 6.45) is 1.99. The normalized spacial score (nSPS) is 11.9. The van der Waals surface area contributed by atoms with Crippen LogP contribution in [0.2, 0.25) is 6.04 Å². The Kier molecular flexibility index (Phi) is 11.2. The van der Waals surface area contributed by atoms with Crippen molar-refractivity contribution in [3.8, 4) is 0 Å². The lowest BCUT2D eigenvalue weighted by molar-refractivity contribution is 0.122. The summed E-state index contributed by atoms with van der Waals surface area (Å²) < 4.78 is 19.9. The first-order valence-corrected chi connectivity index (χ1v) is 17.5. The zero-order valence-electron chi connectivity index (χ0n) is 22.4. The smallest absolute Gasteiger partial charge is 0.377 e. The molecule has 0 saturated heterocycles.